The van der Waals surface area contributed by atoms with Crippen molar-refractivity contribution in [2.45, 2.75) is 23.7 Å². The van der Waals surface area contributed by atoms with Gasteiger partial charge in [0.15, 0.2) is 5.16 Å². The average Bonchev–Trinajstić information content (AvgIpc) is 2.77. The van der Waals surface area contributed by atoms with Crippen LogP contribution >= 0.6 is 11.8 Å². The lowest BCUT2D eigenvalue weighted by Gasteiger charge is -2.13. The molecule has 152 valence electrons. The molecule has 31 heavy (non-hydrogen) atoms. The minimum atomic E-state index is -0.651. The van der Waals surface area contributed by atoms with E-state index >= 15 is 0 Å². The van der Waals surface area contributed by atoms with Crippen LogP contribution in [0.15, 0.2) is 75.6 Å². The summed E-state index contributed by atoms with van der Waals surface area (Å²) in [5.41, 5.74) is 1.73. The van der Waals surface area contributed by atoms with Gasteiger partial charge < -0.3 is 0 Å². The van der Waals surface area contributed by atoms with Crippen LogP contribution in [0.5, 0.6) is 0 Å². The van der Waals surface area contributed by atoms with Crippen LogP contribution in [0.4, 0.5) is 5.69 Å². The maximum atomic E-state index is 13.2. The van der Waals surface area contributed by atoms with Gasteiger partial charge in [-0.1, -0.05) is 42.0 Å². The molecule has 0 radical (unpaired) electrons. The van der Waals surface area contributed by atoms with Crippen molar-refractivity contribution in [2.24, 2.45) is 0 Å². The number of fused-ring (bicyclic) bond motifs is 1. The average molecular weight is 429 g/mol. The molecule has 2 aromatic heterocycles. The van der Waals surface area contributed by atoms with Crippen molar-refractivity contribution >= 4 is 28.4 Å². The molecule has 0 saturated carbocycles. The normalized spacial score (nSPS) is 10.7. The van der Waals surface area contributed by atoms with Gasteiger partial charge in [-0.05, 0) is 42.4 Å². The molecule has 2 heterocycles. The number of aryl methyl sites for hydroxylation is 1. The second-order valence-electron chi connectivity index (χ2n) is 6.78. The van der Waals surface area contributed by atoms with E-state index in [0.29, 0.717) is 27.6 Å². The van der Waals surface area contributed by atoms with Crippen molar-refractivity contribution in [3.05, 3.63) is 98.0 Å². The maximum Gasteiger partial charge on any atom is 0.305 e. The van der Waals surface area contributed by atoms with Gasteiger partial charge in [-0.15, -0.1) is 0 Å². The molecule has 0 spiro atoms. The fourth-order valence-corrected chi connectivity index (χ4v) is 3.92. The molecular weight excluding hydrogens is 414 g/mol. The number of nitriles is 1. The van der Waals surface area contributed by atoms with E-state index in [4.69, 9.17) is 0 Å². The predicted molar refractivity (Wildman–Crippen MR) is 116 cm³/mol. The lowest BCUT2D eigenvalue weighted by atomic mass is 10.1. The van der Waals surface area contributed by atoms with Gasteiger partial charge in [0.05, 0.1) is 22.4 Å². The fourth-order valence-electron chi connectivity index (χ4n) is 3.05. The molecule has 0 aliphatic heterocycles. The van der Waals surface area contributed by atoms with E-state index < -0.39 is 4.92 Å². The summed E-state index contributed by atoms with van der Waals surface area (Å²) in [5, 5.41) is 21.5. The lowest BCUT2D eigenvalue weighted by molar-refractivity contribution is -0.385. The van der Waals surface area contributed by atoms with Gasteiger partial charge in [-0.25, -0.2) is 9.97 Å². The second-order valence-corrected chi connectivity index (χ2v) is 7.76. The summed E-state index contributed by atoms with van der Waals surface area (Å²) in [6, 6.07) is 19.3. The van der Waals surface area contributed by atoms with Crippen LogP contribution in [-0.2, 0) is 6.54 Å². The molecule has 0 atom stereocenters. The summed E-state index contributed by atoms with van der Waals surface area (Å²) in [6.07, 6.45) is 0. The second kappa shape index (κ2) is 8.38. The molecule has 4 aromatic rings. The van der Waals surface area contributed by atoms with Crippen LogP contribution in [0.25, 0.3) is 10.9 Å². The third-order valence-electron chi connectivity index (χ3n) is 4.63. The molecule has 0 amide bonds. The number of rotatable bonds is 5. The Labute approximate surface area is 181 Å². The summed E-state index contributed by atoms with van der Waals surface area (Å²) < 4.78 is 1.55. The predicted octanol–water partition coefficient (Wildman–Crippen LogP) is 4.08. The molecular formula is C22H15N5O3S. The zero-order valence-electron chi connectivity index (χ0n) is 16.3. The highest BCUT2D eigenvalue weighted by Crippen LogP contribution is 2.28. The molecule has 0 N–H and O–H groups in total. The number of benzene rings is 2. The van der Waals surface area contributed by atoms with Gasteiger partial charge in [0.1, 0.15) is 11.1 Å². The Hall–Kier alpha value is -4.03. The first-order valence-electron chi connectivity index (χ1n) is 9.25. The topological polar surface area (TPSA) is 115 Å². The van der Waals surface area contributed by atoms with Crippen LogP contribution in [0.1, 0.15) is 16.8 Å². The molecule has 0 saturated heterocycles. The molecule has 0 aliphatic carbocycles. The van der Waals surface area contributed by atoms with Gasteiger partial charge >= 0.3 is 5.69 Å². The van der Waals surface area contributed by atoms with Crippen molar-refractivity contribution < 1.29 is 4.92 Å². The zero-order valence-corrected chi connectivity index (χ0v) is 17.2. The molecule has 0 fully saturated rings. The Morgan fingerprint density at radius 1 is 1.10 bits per heavy atom. The maximum absolute atomic E-state index is 13.2. The molecule has 0 bridgehead atoms. The third-order valence-corrected chi connectivity index (χ3v) is 5.57. The number of aromatic nitrogens is 3. The monoisotopic (exact) mass is 429 g/mol. The van der Waals surface area contributed by atoms with Crippen molar-refractivity contribution in [3.8, 4) is 6.07 Å². The van der Waals surface area contributed by atoms with E-state index in [9.17, 15) is 20.2 Å². The van der Waals surface area contributed by atoms with E-state index in [2.05, 4.69) is 9.97 Å². The fraction of sp³-hybridized carbons (Fsp3) is 0.0909. The Morgan fingerprint density at radius 2 is 1.84 bits per heavy atom. The Morgan fingerprint density at radius 3 is 2.55 bits per heavy atom. The Kier molecular flexibility index (Phi) is 5.47. The molecule has 2 aromatic carbocycles. The highest BCUT2D eigenvalue weighted by atomic mass is 32.2. The minimum absolute atomic E-state index is 0.198. The van der Waals surface area contributed by atoms with Gasteiger partial charge in [-0.3, -0.25) is 19.5 Å². The molecule has 0 unspecified atom stereocenters. The van der Waals surface area contributed by atoms with E-state index in [-0.39, 0.29) is 16.9 Å². The molecule has 4 rings (SSSR count). The van der Waals surface area contributed by atoms with Crippen molar-refractivity contribution in [2.75, 3.05) is 0 Å². The smallest absolute Gasteiger partial charge is 0.282 e. The molecule has 9 heteroatoms. The number of hydrogen-bond acceptors (Lipinski definition) is 7. The summed E-state index contributed by atoms with van der Waals surface area (Å²) in [4.78, 5) is 32.4. The summed E-state index contributed by atoms with van der Waals surface area (Å²) >= 11 is 1.08. The number of hydrogen-bond donors (Lipinski definition) is 0. The first-order chi connectivity index (χ1) is 15.0. The van der Waals surface area contributed by atoms with Crippen LogP contribution in [0.3, 0.4) is 0 Å². The molecule has 8 nitrogen and oxygen atoms in total. The van der Waals surface area contributed by atoms with Crippen LogP contribution in [-0.4, -0.2) is 19.5 Å². The van der Waals surface area contributed by atoms with Gasteiger partial charge in [-0.2, -0.15) is 5.26 Å². The van der Waals surface area contributed by atoms with Crippen molar-refractivity contribution in [1.82, 2.24) is 14.5 Å². The summed E-state index contributed by atoms with van der Waals surface area (Å²) in [7, 11) is 0. The standard InChI is InChI=1S/C22H15N5O3S/c1-14-6-8-15(9-7-14)13-26-21(28)16-4-2-3-5-17(16)25-22(26)31-20-11-10-19(27(29)30)18(12-23)24-20/h2-11H,13H2,1H3. The first-order valence-corrected chi connectivity index (χ1v) is 10.1. The SMILES string of the molecule is Cc1ccc(Cn2c(Sc3ccc([N+](=O)[O-])c(C#N)n3)nc3ccccc3c2=O)cc1. The number of para-hydroxylation sites is 1. The van der Waals surface area contributed by atoms with E-state index in [1.807, 2.05) is 31.2 Å². The first kappa shape index (κ1) is 20.3. The van der Waals surface area contributed by atoms with E-state index in [1.165, 1.54) is 12.1 Å². The van der Waals surface area contributed by atoms with Gasteiger partial charge in [0.2, 0.25) is 5.69 Å². The largest absolute Gasteiger partial charge is 0.305 e. The third kappa shape index (κ3) is 4.15. The van der Waals surface area contributed by atoms with Gasteiger partial charge in [0.25, 0.3) is 5.56 Å². The zero-order chi connectivity index (χ0) is 22.0. The highest BCUT2D eigenvalue weighted by molar-refractivity contribution is 7.99. The Balaban J connectivity index is 1.82. The van der Waals surface area contributed by atoms with E-state index in [1.54, 1.807) is 34.9 Å². The van der Waals surface area contributed by atoms with Crippen molar-refractivity contribution in [3.63, 3.8) is 0 Å². The summed E-state index contributed by atoms with van der Waals surface area (Å²) in [6.45, 7) is 2.29. The lowest BCUT2D eigenvalue weighted by Crippen LogP contribution is -2.24. The van der Waals surface area contributed by atoms with Crippen LogP contribution in [0.2, 0.25) is 0 Å². The Bertz CT molecular complexity index is 1410. The number of pyridine rings is 1. The van der Waals surface area contributed by atoms with E-state index in [0.717, 1.165) is 22.9 Å². The number of nitro groups is 1. The van der Waals surface area contributed by atoms with Crippen LogP contribution < -0.4 is 5.56 Å². The van der Waals surface area contributed by atoms with Gasteiger partial charge in [0, 0.05) is 6.07 Å². The minimum Gasteiger partial charge on any atom is -0.282 e. The quantitative estimate of drug-likeness (QED) is 0.267. The van der Waals surface area contributed by atoms with Crippen molar-refractivity contribution in [1.29, 1.82) is 5.26 Å². The molecule has 0 aliphatic rings. The number of nitrogens with zero attached hydrogens (tertiary/aromatic N) is 5. The highest BCUT2D eigenvalue weighted by Gasteiger charge is 2.18. The van der Waals surface area contributed by atoms with Crippen LogP contribution in [0, 0.1) is 28.4 Å². The summed E-state index contributed by atoms with van der Waals surface area (Å²) in [5.74, 6) is 0.